The van der Waals surface area contributed by atoms with Crippen LogP contribution in [-0.4, -0.2) is 19.9 Å². The third-order valence-electron chi connectivity index (χ3n) is 11.2. The van der Waals surface area contributed by atoms with Crippen LogP contribution >= 0.6 is 22.7 Å². The minimum atomic E-state index is 0.642. The molecule has 0 saturated carbocycles. The molecule has 0 fully saturated rings. The SMILES string of the molecule is c1ccc(-c2nc(-c3ccc(-c4ccc(-c5nc6ccccc6c6c5sc5ccccc56)c5ccccc45)cc3)nc(-c3cccc4c3sc3ccccc34)n2)cc1. The monoisotopic (exact) mass is 774 g/mol. The minimum Gasteiger partial charge on any atom is -0.246 e. The maximum absolute atomic E-state index is 5.34. The van der Waals surface area contributed by atoms with Crippen molar-refractivity contribution in [3.05, 3.63) is 182 Å². The molecule has 0 N–H and O–H groups in total. The number of pyridine rings is 1. The molecule has 0 unspecified atom stereocenters. The van der Waals surface area contributed by atoms with Crippen molar-refractivity contribution in [2.45, 2.75) is 0 Å². The molecule has 0 bridgehead atoms. The molecule has 4 nitrogen and oxygen atoms in total. The van der Waals surface area contributed by atoms with Crippen LogP contribution in [0.25, 0.3) is 119 Å². The average Bonchev–Trinajstić information content (AvgIpc) is 3.88. The molecule has 8 aromatic carbocycles. The summed E-state index contributed by atoms with van der Waals surface area (Å²) in [5.74, 6) is 1.96. The molecule has 0 spiro atoms. The molecule has 0 atom stereocenters. The average molecular weight is 775 g/mol. The van der Waals surface area contributed by atoms with E-state index < -0.39 is 0 Å². The van der Waals surface area contributed by atoms with Crippen molar-refractivity contribution < 1.29 is 0 Å². The molecule has 6 heteroatoms. The lowest BCUT2D eigenvalue weighted by molar-refractivity contribution is 1.08. The van der Waals surface area contributed by atoms with Gasteiger partial charge < -0.3 is 0 Å². The fourth-order valence-corrected chi connectivity index (χ4v) is 10.9. The summed E-state index contributed by atoms with van der Waals surface area (Å²) < 4.78 is 4.92. The molecular weight excluding hydrogens is 745 g/mol. The predicted molar refractivity (Wildman–Crippen MR) is 246 cm³/mol. The van der Waals surface area contributed by atoms with Crippen molar-refractivity contribution in [3.8, 4) is 56.5 Å². The summed E-state index contributed by atoms with van der Waals surface area (Å²) in [6.45, 7) is 0. The second-order valence-corrected chi connectivity index (χ2v) is 16.6. The first kappa shape index (κ1) is 33.1. The van der Waals surface area contributed by atoms with Gasteiger partial charge in [0.1, 0.15) is 0 Å². The molecule has 4 heterocycles. The smallest absolute Gasteiger partial charge is 0.165 e. The Bertz CT molecular complexity index is 3570. The Morgan fingerprint density at radius 1 is 0.293 bits per heavy atom. The third kappa shape index (κ3) is 5.27. The first-order valence-corrected chi connectivity index (χ1v) is 20.9. The van der Waals surface area contributed by atoms with Crippen LogP contribution in [-0.2, 0) is 0 Å². The minimum absolute atomic E-state index is 0.642. The molecule has 0 aliphatic rings. The fraction of sp³-hybridized carbons (Fsp3) is 0. The van der Waals surface area contributed by atoms with Gasteiger partial charge in [-0.25, -0.2) is 19.9 Å². The van der Waals surface area contributed by atoms with Gasteiger partial charge in [-0.15, -0.1) is 22.7 Å². The molecule has 58 heavy (non-hydrogen) atoms. The van der Waals surface area contributed by atoms with E-state index in [1.54, 1.807) is 11.3 Å². The summed E-state index contributed by atoms with van der Waals surface area (Å²) in [6.07, 6.45) is 0. The van der Waals surface area contributed by atoms with Crippen molar-refractivity contribution >= 4 is 84.7 Å². The van der Waals surface area contributed by atoms with E-state index in [1.807, 2.05) is 29.5 Å². The summed E-state index contributed by atoms with van der Waals surface area (Å²) in [5.41, 5.74) is 8.35. The number of hydrogen-bond acceptors (Lipinski definition) is 6. The normalized spacial score (nSPS) is 11.8. The van der Waals surface area contributed by atoms with Crippen molar-refractivity contribution in [2.75, 3.05) is 0 Å². The lowest BCUT2D eigenvalue weighted by Gasteiger charge is -2.14. The summed E-state index contributed by atoms with van der Waals surface area (Å²) in [4.78, 5) is 20.6. The summed E-state index contributed by atoms with van der Waals surface area (Å²) in [6, 6.07) is 64.3. The Morgan fingerprint density at radius 3 is 1.60 bits per heavy atom. The number of fused-ring (bicyclic) bond motifs is 9. The maximum atomic E-state index is 5.34. The first-order chi connectivity index (χ1) is 28.7. The summed E-state index contributed by atoms with van der Waals surface area (Å²) >= 11 is 3.61. The van der Waals surface area contributed by atoms with Gasteiger partial charge in [-0.05, 0) is 46.2 Å². The topological polar surface area (TPSA) is 51.6 Å². The highest BCUT2D eigenvalue weighted by atomic mass is 32.1. The van der Waals surface area contributed by atoms with Gasteiger partial charge in [0, 0.05) is 63.3 Å². The third-order valence-corrected chi connectivity index (χ3v) is 13.6. The van der Waals surface area contributed by atoms with E-state index in [0.29, 0.717) is 17.5 Å². The lowest BCUT2D eigenvalue weighted by atomic mass is 9.92. The zero-order valence-electron chi connectivity index (χ0n) is 30.9. The second kappa shape index (κ2) is 13.2. The number of rotatable bonds is 5. The fourth-order valence-electron chi connectivity index (χ4n) is 8.44. The van der Waals surface area contributed by atoms with Crippen molar-refractivity contribution in [1.29, 1.82) is 0 Å². The standard InChI is InChI=1S/C52H30N4S2/c1-2-13-32(14-3-1)50-54-51(56-52(55-50)42-21-12-20-39-37-17-7-10-23-44(37)57-48(39)42)33-27-25-31(26-28-33)34-29-30-38(36-16-5-4-15-35(34)36)47-49-46(40-18-6-9-22-43(40)53-47)41-19-8-11-24-45(41)58-49/h1-30H. The zero-order chi connectivity index (χ0) is 38.2. The molecule has 0 aliphatic heterocycles. The zero-order valence-corrected chi connectivity index (χ0v) is 32.6. The van der Waals surface area contributed by atoms with Crippen LogP contribution in [0, 0.1) is 0 Å². The van der Waals surface area contributed by atoms with E-state index in [1.165, 1.54) is 56.5 Å². The van der Waals surface area contributed by atoms with Crippen LogP contribution < -0.4 is 0 Å². The van der Waals surface area contributed by atoms with E-state index in [0.717, 1.165) is 44.6 Å². The van der Waals surface area contributed by atoms with Crippen LogP contribution in [0.4, 0.5) is 0 Å². The highest BCUT2D eigenvalue weighted by Gasteiger charge is 2.20. The molecule has 0 radical (unpaired) electrons. The Labute approximate surface area is 341 Å². The largest absolute Gasteiger partial charge is 0.246 e. The Balaban J connectivity index is 0.986. The van der Waals surface area contributed by atoms with Gasteiger partial charge >= 0.3 is 0 Å². The molecule has 0 aliphatic carbocycles. The first-order valence-electron chi connectivity index (χ1n) is 19.3. The Hall–Kier alpha value is -7.12. The number of benzene rings is 8. The predicted octanol–water partition coefficient (Wildman–Crippen LogP) is 14.6. The van der Waals surface area contributed by atoms with Crippen molar-refractivity contribution in [1.82, 2.24) is 19.9 Å². The Morgan fingerprint density at radius 2 is 0.828 bits per heavy atom. The van der Waals surface area contributed by atoms with Gasteiger partial charge in [0.25, 0.3) is 0 Å². The highest BCUT2D eigenvalue weighted by Crippen LogP contribution is 2.45. The van der Waals surface area contributed by atoms with Gasteiger partial charge in [0.2, 0.25) is 0 Å². The van der Waals surface area contributed by atoms with Gasteiger partial charge in [-0.2, -0.15) is 0 Å². The molecule has 4 aromatic heterocycles. The van der Waals surface area contributed by atoms with Gasteiger partial charge in [-0.1, -0.05) is 158 Å². The lowest BCUT2D eigenvalue weighted by Crippen LogP contribution is -2.00. The van der Waals surface area contributed by atoms with Gasteiger partial charge in [0.05, 0.1) is 15.9 Å². The van der Waals surface area contributed by atoms with Crippen LogP contribution in [0.15, 0.2) is 182 Å². The number of nitrogens with zero attached hydrogens (tertiary/aromatic N) is 4. The van der Waals surface area contributed by atoms with E-state index in [4.69, 9.17) is 19.9 Å². The molecule has 12 rings (SSSR count). The highest BCUT2D eigenvalue weighted by molar-refractivity contribution is 7.26. The van der Waals surface area contributed by atoms with Crippen LogP contribution in [0.3, 0.4) is 0 Å². The molecule has 0 saturated heterocycles. The van der Waals surface area contributed by atoms with E-state index in [-0.39, 0.29) is 0 Å². The van der Waals surface area contributed by atoms with Crippen molar-refractivity contribution in [3.63, 3.8) is 0 Å². The maximum Gasteiger partial charge on any atom is 0.165 e. The quantitative estimate of drug-likeness (QED) is 0.175. The number of hydrogen-bond donors (Lipinski definition) is 0. The summed E-state index contributed by atoms with van der Waals surface area (Å²) in [5, 5.41) is 8.58. The molecular formula is C52H30N4S2. The van der Waals surface area contributed by atoms with Crippen molar-refractivity contribution in [2.24, 2.45) is 0 Å². The molecule has 270 valence electrons. The van der Waals surface area contributed by atoms with Crippen LogP contribution in [0.2, 0.25) is 0 Å². The van der Waals surface area contributed by atoms with E-state index in [2.05, 4.69) is 164 Å². The second-order valence-electron chi connectivity index (χ2n) is 14.5. The molecule has 12 aromatic rings. The number of para-hydroxylation sites is 1. The van der Waals surface area contributed by atoms with Crippen LogP contribution in [0.5, 0.6) is 0 Å². The van der Waals surface area contributed by atoms with Gasteiger partial charge in [-0.3, -0.25) is 0 Å². The Kier molecular flexibility index (Phi) is 7.55. The molecule has 0 amide bonds. The van der Waals surface area contributed by atoms with E-state index >= 15 is 0 Å². The van der Waals surface area contributed by atoms with Crippen LogP contribution in [0.1, 0.15) is 0 Å². The summed E-state index contributed by atoms with van der Waals surface area (Å²) in [7, 11) is 0. The van der Waals surface area contributed by atoms with Gasteiger partial charge in [0.15, 0.2) is 17.5 Å². The van der Waals surface area contributed by atoms with E-state index in [9.17, 15) is 0 Å². The number of thiophene rings is 2. The number of aromatic nitrogens is 4.